The van der Waals surface area contributed by atoms with E-state index in [1.54, 1.807) is 4.68 Å². The smallest absolute Gasteiger partial charge is 0.137 e. The molecule has 2 rings (SSSR count). The number of H-pyrrole nitrogens is 1. The third-order valence-electron chi connectivity index (χ3n) is 2.22. The molecule has 0 aliphatic carbocycles. The molecule has 2 heterocycles. The fraction of sp³-hybridized carbons (Fsp3) is 0.556. The summed E-state index contributed by atoms with van der Waals surface area (Å²) < 4.78 is 1.62. The van der Waals surface area contributed by atoms with Crippen LogP contribution in [0, 0.1) is 0 Å². The molecule has 0 aliphatic heterocycles. The van der Waals surface area contributed by atoms with Crippen molar-refractivity contribution in [3.8, 4) is 0 Å². The van der Waals surface area contributed by atoms with Crippen LogP contribution in [0.15, 0.2) is 12.5 Å². The van der Waals surface area contributed by atoms with Gasteiger partial charge in [-0.2, -0.15) is 5.10 Å². The summed E-state index contributed by atoms with van der Waals surface area (Å²) in [5.41, 5.74) is 0.857. The van der Waals surface area contributed by atoms with Crippen LogP contribution in [-0.2, 0) is 19.5 Å². The van der Waals surface area contributed by atoms with Crippen LogP contribution in [0.1, 0.15) is 11.5 Å². The van der Waals surface area contributed by atoms with Crippen LogP contribution in [0.25, 0.3) is 0 Å². The molecule has 0 spiro atoms. The van der Waals surface area contributed by atoms with Crippen molar-refractivity contribution in [2.45, 2.75) is 19.5 Å². The molecule has 0 aromatic carbocycles. The SMILES string of the molecule is OCCn1cc(CNCCc2ncn[nH]2)nn1. The first-order chi connectivity index (χ1) is 8.38. The Morgan fingerprint density at radius 2 is 2.41 bits per heavy atom. The fourth-order valence-corrected chi connectivity index (χ4v) is 1.41. The average Bonchev–Trinajstić information content (AvgIpc) is 2.96. The minimum atomic E-state index is 0.0712. The molecule has 8 heteroatoms. The van der Waals surface area contributed by atoms with Gasteiger partial charge >= 0.3 is 0 Å². The highest BCUT2D eigenvalue weighted by Crippen LogP contribution is 1.92. The minimum absolute atomic E-state index is 0.0712. The Hall–Kier alpha value is -1.80. The highest BCUT2D eigenvalue weighted by Gasteiger charge is 2.00. The molecule has 0 atom stereocenters. The number of aromatic amines is 1. The van der Waals surface area contributed by atoms with Gasteiger partial charge in [0.1, 0.15) is 12.2 Å². The summed E-state index contributed by atoms with van der Waals surface area (Å²) in [4.78, 5) is 4.02. The van der Waals surface area contributed by atoms with Gasteiger partial charge in [-0.25, -0.2) is 9.67 Å². The van der Waals surface area contributed by atoms with Gasteiger partial charge in [0.25, 0.3) is 0 Å². The number of hydrogen-bond acceptors (Lipinski definition) is 6. The highest BCUT2D eigenvalue weighted by atomic mass is 16.3. The Morgan fingerprint density at radius 1 is 1.47 bits per heavy atom. The van der Waals surface area contributed by atoms with Crippen molar-refractivity contribution in [3.05, 3.63) is 24.0 Å². The van der Waals surface area contributed by atoms with Gasteiger partial charge < -0.3 is 10.4 Å². The number of nitrogens with one attached hydrogen (secondary N) is 2. The van der Waals surface area contributed by atoms with Gasteiger partial charge in [0, 0.05) is 25.7 Å². The summed E-state index contributed by atoms with van der Waals surface area (Å²) in [5, 5.41) is 26.4. The topological polar surface area (TPSA) is 105 Å². The lowest BCUT2D eigenvalue weighted by atomic mass is 10.4. The van der Waals surface area contributed by atoms with E-state index >= 15 is 0 Å². The van der Waals surface area contributed by atoms with Crippen LogP contribution >= 0.6 is 0 Å². The zero-order chi connectivity index (χ0) is 11.9. The Morgan fingerprint density at radius 3 is 3.18 bits per heavy atom. The average molecular weight is 237 g/mol. The lowest BCUT2D eigenvalue weighted by Crippen LogP contribution is -2.17. The third kappa shape index (κ3) is 3.61. The minimum Gasteiger partial charge on any atom is -0.394 e. The van der Waals surface area contributed by atoms with E-state index in [1.165, 1.54) is 6.33 Å². The van der Waals surface area contributed by atoms with Gasteiger partial charge in [-0.05, 0) is 0 Å². The van der Waals surface area contributed by atoms with E-state index in [0.29, 0.717) is 13.1 Å². The molecule has 3 N–H and O–H groups in total. The number of aliphatic hydroxyl groups is 1. The Kier molecular flexibility index (Phi) is 4.17. The molecule has 0 unspecified atom stereocenters. The number of aromatic nitrogens is 6. The molecule has 0 fully saturated rings. The van der Waals surface area contributed by atoms with Crippen LogP contribution in [0.2, 0.25) is 0 Å². The van der Waals surface area contributed by atoms with Crippen molar-refractivity contribution in [1.82, 2.24) is 35.5 Å². The predicted octanol–water partition coefficient (Wildman–Crippen LogP) is -1.28. The molecule has 0 saturated carbocycles. The molecule has 0 aliphatic rings. The van der Waals surface area contributed by atoms with Crippen LogP contribution < -0.4 is 5.32 Å². The molecule has 17 heavy (non-hydrogen) atoms. The van der Waals surface area contributed by atoms with E-state index in [9.17, 15) is 0 Å². The molecule has 0 bridgehead atoms. The Labute approximate surface area is 98.1 Å². The maximum atomic E-state index is 8.73. The summed E-state index contributed by atoms with van der Waals surface area (Å²) in [5.74, 6) is 0.862. The number of rotatable bonds is 7. The lowest BCUT2D eigenvalue weighted by Gasteiger charge is -1.99. The van der Waals surface area contributed by atoms with E-state index in [1.807, 2.05) is 6.20 Å². The lowest BCUT2D eigenvalue weighted by molar-refractivity contribution is 0.268. The van der Waals surface area contributed by atoms with Crippen molar-refractivity contribution in [1.29, 1.82) is 0 Å². The summed E-state index contributed by atoms with van der Waals surface area (Å²) in [6, 6.07) is 0. The van der Waals surface area contributed by atoms with Gasteiger partial charge in [-0.15, -0.1) is 5.10 Å². The first-order valence-corrected chi connectivity index (χ1v) is 5.43. The van der Waals surface area contributed by atoms with Gasteiger partial charge in [0.2, 0.25) is 0 Å². The molecule has 8 nitrogen and oxygen atoms in total. The van der Waals surface area contributed by atoms with Crippen LogP contribution in [0.5, 0.6) is 0 Å². The molecular weight excluding hydrogens is 222 g/mol. The normalized spacial score (nSPS) is 10.9. The number of aliphatic hydroxyl groups excluding tert-OH is 1. The van der Waals surface area contributed by atoms with Crippen molar-refractivity contribution < 1.29 is 5.11 Å². The van der Waals surface area contributed by atoms with E-state index < -0.39 is 0 Å². The van der Waals surface area contributed by atoms with E-state index in [-0.39, 0.29) is 6.61 Å². The summed E-state index contributed by atoms with van der Waals surface area (Å²) in [6.45, 7) is 1.99. The standard InChI is InChI=1S/C9H15N7O/c17-4-3-16-6-8(13-15-16)5-10-2-1-9-11-7-12-14-9/h6-7,10,17H,1-5H2,(H,11,12,14). The second-order valence-electron chi connectivity index (χ2n) is 3.56. The van der Waals surface area contributed by atoms with Gasteiger partial charge in [0.05, 0.1) is 18.8 Å². The fourth-order valence-electron chi connectivity index (χ4n) is 1.41. The number of nitrogens with zero attached hydrogens (tertiary/aromatic N) is 5. The Balaban J connectivity index is 1.67. The molecule has 2 aromatic heterocycles. The molecule has 0 saturated heterocycles. The molecule has 0 radical (unpaired) electrons. The second kappa shape index (κ2) is 6.06. The Bertz CT molecular complexity index is 424. The molecular formula is C9H15N7O. The monoisotopic (exact) mass is 237 g/mol. The zero-order valence-corrected chi connectivity index (χ0v) is 9.37. The highest BCUT2D eigenvalue weighted by molar-refractivity contribution is 4.91. The predicted molar refractivity (Wildman–Crippen MR) is 58.9 cm³/mol. The summed E-state index contributed by atoms with van der Waals surface area (Å²) in [6.07, 6.45) is 4.11. The van der Waals surface area contributed by atoms with Crippen LogP contribution in [-0.4, -0.2) is 48.4 Å². The van der Waals surface area contributed by atoms with Crippen molar-refractivity contribution in [3.63, 3.8) is 0 Å². The van der Waals surface area contributed by atoms with E-state index in [0.717, 1.165) is 24.5 Å². The van der Waals surface area contributed by atoms with Crippen LogP contribution in [0.3, 0.4) is 0 Å². The molecule has 92 valence electrons. The quantitative estimate of drug-likeness (QED) is 0.518. The zero-order valence-electron chi connectivity index (χ0n) is 9.37. The van der Waals surface area contributed by atoms with Crippen molar-refractivity contribution >= 4 is 0 Å². The molecule has 2 aromatic rings. The number of hydrogen-bond donors (Lipinski definition) is 3. The van der Waals surface area contributed by atoms with Gasteiger partial charge in [0.15, 0.2) is 0 Å². The maximum Gasteiger partial charge on any atom is 0.137 e. The van der Waals surface area contributed by atoms with Gasteiger partial charge in [-0.3, -0.25) is 5.10 Å². The third-order valence-corrected chi connectivity index (χ3v) is 2.22. The first-order valence-electron chi connectivity index (χ1n) is 5.43. The van der Waals surface area contributed by atoms with E-state index in [2.05, 4.69) is 30.8 Å². The van der Waals surface area contributed by atoms with Crippen molar-refractivity contribution in [2.75, 3.05) is 13.2 Å². The van der Waals surface area contributed by atoms with Crippen molar-refractivity contribution in [2.24, 2.45) is 0 Å². The largest absolute Gasteiger partial charge is 0.394 e. The second-order valence-corrected chi connectivity index (χ2v) is 3.56. The van der Waals surface area contributed by atoms with Gasteiger partial charge in [-0.1, -0.05) is 5.21 Å². The van der Waals surface area contributed by atoms with Crippen LogP contribution in [0.4, 0.5) is 0 Å². The first kappa shape index (κ1) is 11.7. The summed E-state index contributed by atoms with van der Waals surface area (Å²) in [7, 11) is 0. The maximum absolute atomic E-state index is 8.73. The summed E-state index contributed by atoms with van der Waals surface area (Å²) >= 11 is 0. The van der Waals surface area contributed by atoms with E-state index in [4.69, 9.17) is 5.11 Å². The molecule has 0 amide bonds.